The summed E-state index contributed by atoms with van der Waals surface area (Å²) >= 11 is 0. The van der Waals surface area contributed by atoms with Crippen LogP contribution in [0.15, 0.2) is 0 Å². The molecule has 0 radical (unpaired) electrons. The summed E-state index contributed by atoms with van der Waals surface area (Å²) in [7, 11) is 1.66. The minimum absolute atomic E-state index is 0.00373. The number of carbonyl (C=O) groups excluding carboxylic acids is 1. The van der Waals surface area contributed by atoms with Gasteiger partial charge in [0.1, 0.15) is 0 Å². The van der Waals surface area contributed by atoms with Gasteiger partial charge in [0.25, 0.3) is 0 Å². The number of rotatable bonds is 1. The van der Waals surface area contributed by atoms with E-state index >= 15 is 0 Å². The summed E-state index contributed by atoms with van der Waals surface area (Å²) in [5.74, 6) is 0.481. The van der Waals surface area contributed by atoms with E-state index in [9.17, 15) is 4.79 Å². The van der Waals surface area contributed by atoms with E-state index < -0.39 is 0 Å². The lowest BCUT2D eigenvalue weighted by Gasteiger charge is -2.25. The maximum atomic E-state index is 11.3. The van der Waals surface area contributed by atoms with Gasteiger partial charge in [0.05, 0.1) is 0 Å². The monoisotopic (exact) mass is 185 g/mol. The molecule has 0 saturated carbocycles. The zero-order valence-electron chi connectivity index (χ0n) is 8.63. The molecule has 1 saturated heterocycles. The van der Waals surface area contributed by atoms with Crippen LogP contribution >= 0.6 is 0 Å². The summed E-state index contributed by atoms with van der Waals surface area (Å²) in [4.78, 5) is 13.2. The van der Waals surface area contributed by atoms with Gasteiger partial charge in [0.2, 0.25) is 0 Å². The first-order valence-electron chi connectivity index (χ1n) is 4.70. The summed E-state index contributed by atoms with van der Waals surface area (Å²) in [5.41, 5.74) is 5.79. The van der Waals surface area contributed by atoms with Crippen molar-refractivity contribution in [2.45, 2.75) is 13.8 Å². The van der Waals surface area contributed by atoms with Gasteiger partial charge in [-0.15, -0.1) is 0 Å². The number of amides is 2. The smallest absolute Gasteiger partial charge is 0.317 e. The normalized spacial score (nSPS) is 33.5. The molecule has 1 heterocycles. The largest absolute Gasteiger partial charge is 0.341 e. The molecule has 4 heteroatoms. The van der Waals surface area contributed by atoms with Gasteiger partial charge in [-0.05, 0) is 12.5 Å². The van der Waals surface area contributed by atoms with Crippen molar-refractivity contribution in [1.82, 2.24) is 10.2 Å². The molecule has 0 aromatic heterocycles. The van der Waals surface area contributed by atoms with E-state index in [2.05, 4.69) is 19.2 Å². The summed E-state index contributed by atoms with van der Waals surface area (Å²) < 4.78 is 0. The van der Waals surface area contributed by atoms with Crippen molar-refractivity contribution >= 4 is 6.03 Å². The quantitative estimate of drug-likeness (QED) is 0.615. The van der Waals surface area contributed by atoms with Crippen molar-refractivity contribution < 1.29 is 4.79 Å². The first kappa shape index (κ1) is 10.3. The molecule has 76 valence electrons. The van der Waals surface area contributed by atoms with Crippen molar-refractivity contribution in [3.63, 3.8) is 0 Å². The van der Waals surface area contributed by atoms with E-state index in [0.29, 0.717) is 12.5 Å². The molecular formula is C9H19N3O. The molecule has 2 atom stereocenters. The van der Waals surface area contributed by atoms with Crippen LogP contribution in [0.5, 0.6) is 0 Å². The zero-order chi connectivity index (χ0) is 10.1. The third-order valence-corrected chi connectivity index (χ3v) is 3.20. The Hall–Kier alpha value is -0.770. The Morgan fingerprint density at radius 2 is 2.38 bits per heavy atom. The third-order valence-electron chi connectivity index (χ3n) is 3.20. The number of urea groups is 1. The molecule has 2 amide bonds. The van der Waals surface area contributed by atoms with E-state index in [1.165, 1.54) is 0 Å². The van der Waals surface area contributed by atoms with Gasteiger partial charge >= 0.3 is 6.03 Å². The van der Waals surface area contributed by atoms with Crippen LogP contribution in [0.2, 0.25) is 0 Å². The summed E-state index contributed by atoms with van der Waals surface area (Å²) in [6, 6.07) is 0.00373. The average Bonchev–Trinajstić information content (AvgIpc) is 2.43. The molecule has 2 unspecified atom stereocenters. The van der Waals surface area contributed by atoms with E-state index in [1.54, 1.807) is 7.05 Å². The molecule has 1 aliphatic rings. The Bertz CT molecular complexity index is 207. The van der Waals surface area contributed by atoms with Gasteiger partial charge in [-0.1, -0.05) is 13.8 Å². The fraction of sp³-hybridized carbons (Fsp3) is 0.889. The summed E-state index contributed by atoms with van der Waals surface area (Å²) in [6.45, 7) is 6.51. The van der Waals surface area contributed by atoms with Crippen LogP contribution in [0, 0.1) is 11.3 Å². The lowest BCUT2D eigenvalue weighted by Crippen LogP contribution is -2.39. The molecule has 0 spiro atoms. The lowest BCUT2D eigenvalue weighted by molar-refractivity contribution is 0.204. The highest BCUT2D eigenvalue weighted by Crippen LogP contribution is 2.34. The molecule has 0 bridgehead atoms. The second kappa shape index (κ2) is 3.54. The minimum Gasteiger partial charge on any atom is -0.341 e. The Morgan fingerprint density at radius 1 is 1.77 bits per heavy atom. The Balaban J connectivity index is 2.65. The number of carbonyl (C=O) groups is 1. The third kappa shape index (κ3) is 1.77. The van der Waals surface area contributed by atoms with Crippen LogP contribution in [-0.4, -0.2) is 37.6 Å². The molecule has 1 rings (SSSR count). The fourth-order valence-corrected chi connectivity index (χ4v) is 1.79. The van der Waals surface area contributed by atoms with Gasteiger partial charge in [-0.3, -0.25) is 0 Å². The Labute approximate surface area is 79.5 Å². The topological polar surface area (TPSA) is 58.4 Å². The minimum atomic E-state index is 0.00373. The first-order chi connectivity index (χ1) is 6.03. The maximum Gasteiger partial charge on any atom is 0.317 e. The van der Waals surface area contributed by atoms with Gasteiger partial charge in [-0.25, -0.2) is 4.79 Å². The van der Waals surface area contributed by atoms with Gasteiger partial charge in [0.15, 0.2) is 0 Å². The van der Waals surface area contributed by atoms with Crippen molar-refractivity contribution in [2.75, 3.05) is 26.7 Å². The zero-order valence-corrected chi connectivity index (χ0v) is 8.63. The van der Waals surface area contributed by atoms with Crippen LogP contribution in [0.25, 0.3) is 0 Å². The highest BCUT2D eigenvalue weighted by atomic mass is 16.2. The SMILES string of the molecule is CNC(=O)N1CC(C)C(C)(CN)C1. The number of nitrogens with zero attached hydrogens (tertiary/aromatic N) is 1. The molecule has 4 nitrogen and oxygen atoms in total. The van der Waals surface area contributed by atoms with E-state index in [-0.39, 0.29) is 11.4 Å². The predicted molar refractivity (Wildman–Crippen MR) is 52.4 cm³/mol. The number of nitrogens with one attached hydrogen (secondary N) is 1. The molecular weight excluding hydrogens is 166 g/mol. The van der Waals surface area contributed by atoms with Crippen molar-refractivity contribution in [3.05, 3.63) is 0 Å². The second-order valence-corrected chi connectivity index (χ2v) is 4.19. The Morgan fingerprint density at radius 3 is 2.77 bits per heavy atom. The van der Waals surface area contributed by atoms with Crippen LogP contribution in [0.4, 0.5) is 4.79 Å². The highest BCUT2D eigenvalue weighted by Gasteiger charge is 2.40. The van der Waals surface area contributed by atoms with Crippen LogP contribution in [0.3, 0.4) is 0 Å². The lowest BCUT2D eigenvalue weighted by atomic mass is 9.81. The van der Waals surface area contributed by atoms with E-state index in [0.717, 1.165) is 13.1 Å². The van der Waals surface area contributed by atoms with Gasteiger partial charge in [-0.2, -0.15) is 0 Å². The van der Waals surface area contributed by atoms with Crippen LogP contribution in [-0.2, 0) is 0 Å². The summed E-state index contributed by atoms with van der Waals surface area (Å²) in [5, 5.41) is 2.64. The maximum absolute atomic E-state index is 11.3. The summed E-state index contributed by atoms with van der Waals surface area (Å²) in [6.07, 6.45) is 0. The van der Waals surface area contributed by atoms with Gasteiger partial charge < -0.3 is 16.0 Å². The molecule has 13 heavy (non-hydrogen) atoms. The van der Waals surface area contributed by atoms with Crippen molar-refractivity contribution in [2.24, 2.45) is 17.1 Å². The second-order valence-electron chi connectivity index (χ2n) is 4.19. The van der Waals surface area contributed by atoms with Crippen molar-refractivity contribution in [3.8, 4) is 0 Å². The number of likely N-dealkylation sites (tertiary alicyclic amines) is 1. The Kier molecular flexibility index (Phi) is 2.81. The number of nitrogens with two attached hydrogens (primary N) is 1. The van der Waals surface area contributed by atoms with E-state index in [1.807, 2.05) is 4.90 Å². The van der Waals surface area contributed by atoms with Gasteiger partial charge in [0, 0.05) is 25.6 Å². The van der Waals surface area contributed by atoms with Crippen LogP contribution in [0.1, 0.15) is 13.8 Å². The number of hydrogen-bond acceptors (Lipinski definition) is 2. The van der Waals surface area contributed by atoms with Crippen LogP contribution < -0.4 is 11.1 Å². The first-order valence-corrected chi connectivity index (χ1v) is 4.70. The molecule has 3 N–H and O–H groups in total. The van der Waals surface area contributed by atoms with Crippen molar-refractivity contribution in [1.29, 1.82) is 0 Å². The molecule has 1 fully saturated rings. The fourth-order valence-electron chi connectivity index (χ4n) is 1.79. The molecule has 0 aromatic rings. The molecule has 1 aliphatic heterocycles. The molecule has 0 aliphatic carbocycles. The predicted octanol–water partition coefficient (Wildman–Crippen LogP) is 0.243. The van der Waals surface area contributed by atoms with E-state index in [4.69, 9.17) is 5.73 Å². The molecule has 0 aromatic carbocycles. The standard InChI is InChI=1S/C9H19N3O/c1-7-4-12(8(13)11-3)6-9(7,2)5-10/h7H,4-6,10H2,1-3H3,(H,11,13). The number of hydrogen-bond donors (Lipinski definition) is 2. The highest BCUT2D eigenvalue weighted by molar-refractivity contribution is 5.74. The average molecular weight is 185 g/mol.